The van der Waals surface area contributed by atoms with Crippen LogP contribution < -0.4 is 10.5 Å². The molecule has 0 aliphatic rings. The third kappa shape index (κ3) is 1.98. The van der Waals surface area contributed by atoms with E-state index in [-0.39, 0.29) is 0 Å². The highest BCUT2D eigenvalue weighted by atomic mass is 32.1. The number of hydrogen-bond acceptors (Lipinski definition) is 6. The maximum absolute atomic E-state index is 5.57. The predicted molar refractivity (Wildman–Crippen MR) is 75.2 cm³/mol. The van der Waals surface area contributed by atoms with Crippen molar-refractivity contribution in [1.29, 1.82) is 0 Å². The van der Waals surface area contributed by atoms with Crippen LogP contribution in [0.3, 0.4) is 0 Å². The SMILES string of the molecule is COc1ccc2nc(-c3csc(CN)n3)sc2c1. The summed E-state index contributed by atoms with van der Waals surface area (Å²) in [5.74, 6) is 0.846. The lowest BCUT2D eigenvalue weighted by Gasteiger charge is -1.96. The van der Waals surface area contributed by atoms with Crippen LogP contribution in [0.4, 0.5) is 0 Å². The summed E-state index contributed by atoms with van der Waals surface area (Å²) < 4.78 is 6.31. The lowest BCUT2D eigenvalue weighted by molar-refractivity contribution is 0.415. The topological polar surface area (TPSA) is 61.0 Å². The Hall–Kier alpha value is -1.50. The first kappa shape index (κ1) is 11.6. The van der Waals surface area contributed by atoms with E-state index < -0.39 is 0 Å². The minimum Gasteiger partial charge on any atom is -0.497 e. The molecule has 2 aromatic heterocycles. The fourth-order valence-electron chi connectivity index (χ4n) is 1.64. The number of benzene rings is 1. The van der Waals surface area contributed by atoms with Gasteiger partial charge in [0.15, 0.2) is 0 Å². The zero-order valence-electron chi connectivity index (χ0n) is 9.71. The summed E-state index contributed by atoms with van der Waals surface area (Å²) in [4.78, 5) is 9.02. The average Bonchev–Trinajstić information content (AvgIpc) is 3.03. The molecule has 2 N–H and O–H groups in total. The maximum Gasteiger partial charge on any atom is 0.143 e. The van der Waals surface area contributed by atoms with E-state index in [0.29, 0.717) is 6.54 Å². The molecule has 1 aromatic carbocycles. The average molecular weight is 277 g/mol. The third-order valence-corrected chi connectivity index (χ3v) is 4.45. The Morgan fingerprint density at radius 3 is 2.94 bits per heavy atom. The lowest BCUT2D eigenvalue weighted by atomic mass is 10.3. The molecule has 18 heavy (non-hydrogen) atoms. The van der Waals surface area contributed by atoms with Crippen LogP contribution in [-0.4, -0.2) is 17.1 Å². The number of nitrogens with two attached hydrogens (primary N) is 1. The highest BCUT2D eigenvalue weighted by molar-refractivity contribution is 7.22. The number of rotatable bonds is 3. The van der Waals surface area contributed by atoms with Gasteiger partial charge in [-0.05, 0) is 18.2 Å². The fraction of sp³-hybridized carbons (Fsp3) is 0.167. The van der Waals surface area contributed by atoms with E-state index in [9.17, 15) is 0 Å². The second kappa shape index (κ2) is 4.64. The van der Waals surface area contributed by atoms with Crippen LogP contribution in [0.5, 0.6) is 5.75 Å². The summed E-state index contributed by atoms with van der Waals surface area (Å²) in [7, 11) is 1.66. The molecule has 0 radical (unpaired) electrons. The molecule has 3 aromatic rings. The molecule has 92 valence electrons. The molecule has 0 unspecified atom stereocenters. The van der Waals surface area contributed by atoms with Gasteiger partial charge in [-0.15, -0.1) is 22.7 Å². The Balaban J connectivity index is 2.07. The summed E-state index contributed by atoms with van der Waals surface area (Å²) in [6.45, 7) is 0.476. The Bertz CT molecular complexity index is 690. The van der Waals surface area contributed by atoms with Crippen molar-refractivity contribution in [3.63, 3.8) is 0 Å². The zero-order valence-corrected chi connectivity index (χ0v) is 11.3. The number of ether oxygens (including phenoxy) is 1. The largest absolute Gasteiger partial charge is 0.497 e. The van der Waals surface area contributed by atoms with Gasteiger partial charge in [-0.2, -0.15) is 0 Å². The van der Waals surface area contributed by atoms with Crippen LogP contribution >= 0.6 is 22.7 Å². The van der Waals surface area contributed by atoms with Gasteiger partial charge in [0.05, 0.1) is 17.3 Å². The number of aromatic nitrogens is 2. The molecule has 0 fully saturated rings. The van der Waals surface area contributed by atoms with Gasteiger partial charge < -0.3 is 10.5 Å². The monoisotopic (exact) mass is 277 g/mol. The van der Waals surface area contributed by atoms with Crippen molar-refractivity contribution in [3.05, 3.63) is 28.6 Å². The van der Waals surface area contributed by atoms with Crippen LogP contribution in [-0.2, 0) is 6.54 Å². The number of hydrogen-bond donors (Lipinski definition) is 1. The Morgan fingerprint density at radius 1 is 1.33 bits per heavy atom. The molecule has 0 aliphatic carbocycles. The Morgan fingerprint density at radius 2 is 2.22 bits per heavy atom. The lowest BCUT2D eigenvalue weighted by Crippen LogP contribution is -1.94. The molecule has 0 saturated carbocycles. The van der Waals surface area contributed by atoms with Gasteiger partial charge in [0.1, 0.15) is 21.5 Å². The van der Waals surface area contributed by atoms with Gasteiger partial charge in [0.25, 0.3) is 0 Å². The van der Waals surface area contributed by atoms with E-state index in [1.54, 1.807) is 29.8 Å². The van der Waals surface area contributed by atoms with Crippen molar-refractivity contribution >= 4 is 32.9 Å². The first-order chi connectivity index (χ1) is 8.80. The van der Waals surface area contributed by atoms with Crippen molar-refractivity contribution < 1.29 is 4.74 Å². The van der Waals surface area contributed by atoms with Gasteiger partial charge in [0.2, 0.25) is 0 Å². The van der Waals surface area contributed by atoms with Crippen molar-refractivity contribution in [3.8, 4) is 16.5 Å². The van der Waals surface area contributed by atoms with Crippen molar-refractivity contribution in [2.45, 2.75) is 6.54 Å². The van der Waals surface area contributed by atoms with Gasteiger partial charge in [-0.1, -0.05) is 0 Å². The number of nitrogens with zero attached hydrogens (tertiary/aromatic N) is 2. The summed E-state index contributed by atoms with van der Waals surface area (Å²) in [5.41, 5.74) is 7.44. The molecule has 2 heterocycles. The van der Waals surface area contributed by atoms with Crippen LogP contribution in [0.2, 0.25) is 0 Å². The fourth-order valence-corrected chi connectivity index (χ4v) is 3.33. The highest BCUT2D eigenvalue weighted by Gasteiger charge is 2.10. The maximum atomic E-state index is 5.57. The minimum atomic E-state index is 0.476. The van der Waals surface area contributed by atoms with Crippen molar-refractivity contribution in [2.24, 2.45) is 5.73 Å². The van der Waals surface area contributed by atoms with Crippen molar-refractivity contribution in [1.82, 2.24) is 9.97 Å². The quantitative estimate of drug-likeness (QED) is 0.799. The smallest absolute Gasteiger partial charge is 0.143 e. The van der Waals surface area contributed by atoms with Crippen molar-refractivity contribution in [2.75, 3.05) is 7.11 Å². The molecule has 6 heteroatoms. The van der Waals surface area contributed by atoms with E-state index in [0.717, 1.165) is 31.7 Å². The van der Waals surface area contributed by atoms with E-state index in [1.807, 2.05) is 23.6 Å². The Kier molecular flexibility index (Phi) is 2.99. The van der Waals surface area contributed by atoms with E-state index in [1.165, 1.54) is 0 Å². The zero-order chi connectivity index (χ0) is 12.5. The molecule has 3 rings (SSSR count). The van der Waals surface area contributed by atoms with Crippen LogP contribution in [0, 0.1) is 0 Å². The van der Waals surface area contributed by atoms with E-state index >= 15 is 0 Å². The second-order valence-corrected chi connectivity index (χ2v) is 5.66. The molecule has 0 amide bonds. The first-order valence-electron chi connectivity index (χ1n) is 5.39. The molecule has 0 spiro atoms. The van der Waals surface area contributed by atoms with Crippen LogP contribution in [0.25, 0.3) is 20.9 Å². The predicted octanol–water partition coefficient (Wildman–Crippen LogP) is 2.89. The number of fused-ring (bicyclic) bond motifs is 1. The summed E-state index contributed by atoms with van der Waals surface area (Å²) in [5, 5.41) is 3.85. The number of thiazole rings is 2. The van der Waals surface area contributed by atoms with E-state index in [4.69, 9.17) is 10.5 Å². The summed E-state index contributed by atoms with van der Waals surface area (Å²) >= 11 is 3.18. The molecule has 0 atom stereocenters. The normalized spacial score (nSPS) is 11.0. The third-order valence-electron chi connectivity index (χ3n) is 2.54. The van der Waals surface area contributed by atoms with Gasteiger partial charge in [-0.3, -0.25) is 0 Å². The molecule has 0 bridgehead atoms. The first-order valence-corrected chi connectivity index (χ1v) is 7.09. The van der Waals surface area contributed by atoms with Gasteiger partial charge in [-0.25, -0.2) is 9.97 Å². The minimum absolute atomic E-state index is 0.476. The molecule has 4 nitrogen and oxygen atoms in total. The summed E-state index contributed by atoms with van der Waals surface area (Å²) in [6.07, 6.45) is 0. The summed E-state index contributed by atoms with van der Waals surface area (Å²) in [6, 6.07) is 5.87. The standard InChI is InChI=1S/C12H11N3OS2/c1-16-7-2-3-8-10(4-7)18-12(15-8)9-6-17-11(5-13)14-9/h2-4,6H,5,13H2,1H3. The molecular formula is C12H11N3OS2. The number of methoxy groups -OCH3 is 1. The van der Waals surface area contributed by atoms with Crippen LogP contribution in [0.1, 0.15) is 5.01 Å². The van der Waals surface area contributed by atoms with Crippen LogP contribution in [0.15, 0.2) is 23.6 Å². The highest BCUT2D eigenvalue weighted by Crippen LogP contribution is 2.32. The van der Waals surface area contributed by atoms with Gasteiger partial charge in [0, 0.05) is 11.9 Å². The second-order valence-electron chi connectivity index (χ2n) is 3.68. The van der Waals surface area contributed by atoms with Gasteiger partial charge >= 0.3 is 0 Å². The molecular weight excluding hydrogens is 266 g/mol. The molecule has 0 saturated heterocycles. The Labute approximate surface area is 112 Å². The molecule has 0 aliphatic heterocycles. The van der Waals surface area contributed by atoms with E-state index in [2.05, 4.69) is 9.97 Å².